The van der Waals surface area contributed by atoms with Crippen molar-refractivity contribution in [3.8, 4) is 5.75 Å². The molecule has 0 radical (unpaired) electrons. The van der Waals surface area contributed by atoms with E-state index in [0.717, 1.165) is 12.0 Å². The number of nitrogens with zero attached hydrogens (tertiary/aromatic N) is 1. The molecular formula is C22H23N3O5S. The molecule has 0 aliphatic carbocycles. The fraction of sp³-hybridized carbons (Fsp3) is 0.318. The van der Waals surface area contributed by atoms with Crippen LogP contribution in [0.2, 0.25) is 0 Å². The lowest BCUT2D eigenvalue weighted by atomic mass is 9.95. The van der Waals surface area contributed by atoms with Gasteiger partial charge in [-0.05, 0) is 42.5 Å². The molecule has 1 unspecified atom stereocenters. The number of amides is 3. The van der Waals surface area contributed by atoms with Gasteiger partial charge in [0.05, 0.1) is 23.9 Å². The Morgan fingerprint density at radius 1 is 1.29 bits per heavy atom. The molecule has 2 N–H and O–H groups in total. The zero-order valence-corrected chi connectivity index (χ0v) is 17.9. The Kier molecular flexibility index (Phi) is 6.22. The second kappa shape index (κ2) is 9.22. The van der Waals surface area contributed by atoms with Crippen LogP contribution in [0.25, 0.3) is 0 Å². The summed E-state index contributed by atoms with van der Waals surface area (Å²) in [6.07, 6.45) is 0.727. The molecule has 2 aliphatic heterocycles. The van der Waals surface area contributed by atoms with Crippen molar-refractivity contribution in [2.24, 2.45) is 0 Å². The minimum absolute atomic E-state index is 0.0302. The number of urea groups is 1. The van der Waals surface area contributed by atoms with E-state index in [1.807, 2.05) is 24.4 Å². The lowest BCUT2D eigenvalue weighted by Gasteiger charge is -2.32. The lowest BCUT2D eigenvalue weighted by Crippen LogP contribution is -2.50. The molecule has 4 rings (SSSR count). The summed E-state index contributed by atoms with van der Waals surface area (Å²) in [7, 11) is 0. The average Bonchev–Trinajstić information content (AvgIpc) is 3.41. The zero-order chi connectivity index (χ0) is 21.8. The Morgan fingerprint density at radius 3 is 2.81 bits per heavy atom. The molecule has 1 aromatic carbocycles. The van der Waals surface area contributed by atoms with Crippen LogP contribution in [0.1, 0.15) is 23.4 Å². The second-order valence-corrected chi connectivity index (χ2v) is 8.12. The molecule has 2 aliphatic rings. The number of nitrogens with one attached hydrogen (secondary N) is 2. The fourth-order valence-electron chi connectivity index (χ4n) is 3.63. The standard InChI is InChI=1S/C22H23N3O5S/c1-2-29-15-7-5-14(6-8-15)20-19-17(13-30-21(19)27)25(22(28)24-20)12-18(26)23-10-9-16-4-3-11-31-16/h3-8,11,20H,2,9-10,12-13H2,1H3,(H,23,26)(H,24,28). The SMILES string of the molecule is CCOc1ccc(C2NC(=O)N(CC(=O)NCCc3cccs3)C3=C2C(=O)OC3)cc1. The summed E-state index contributed by atoms with van der Waals surface area (Å²) >= 11 is 1.63. The van der Waals surface area contributed by atoms with Gasteiger partial charge in [0.15, 0.2) is 0 Å². The Bertz CT molecular complexity index is 1000. The molecule has 3 heterocycles. The number of carbonyl (C=O) groups is 3. The number of cyclic esters (lactones) is 1. The Hall–Kier alpha value is -3.33. The number of esters is 1. The smallest absolute Gasteiger partial charge is 0.338 e. The maximum Gasteiger partial charge on any atom is 0.338 e. The highest BCUT2D eigenvalue weighted by Crippen LogP contribution is 2.35. The van der Waals surface area contributed by atoms with Crippen LogP contribution in [-0.4, -0.2) is 49.1 Å². The van der Waals surface area contributed by atoms with Crippen molar-refractivity contribution in [1.82, 2.24) is 15.5 Å². The highest BCUT2D eigenvalue weighted by atomic mass is 32.1. The predicted molar refractivity (Wildman–Crippen MR) is 115 cm³/mol. The first-order chi connectivity index (χ1) is 15.1. The normalized spacial score (nSPS) is 17.8. The monoisotopic (exact) mass is 441 g/mol. The van der Waals surface area contributed by atoms with Crippen LogP contribution in [0.4, 0.5) is 4.79 Å². The molecule has 0 bridgehead atoms. The Morgan fingerprint density at radius 2 is 2.10 bits per heavy atom. The number of rotatable bonds is 8. The number of hydrogen-bond acceptors (Lipinski definition) is 6. The van der Waals surface area contributed by atoms with Crippen molar-refractivity contribution in [3.63, 3.8) is 0 Å². The first kappa shape index (κ1) is 20.9. The van der Waals surface area contributed by atoms with Crippen molar-refractivity contribution in [1.29, 1.82) is 0 Å². The predicted octanol–water partition coefficient (Wildman–Crippen LogP) is 2.38. The first-order valence-corrected chi connectivity index (χ1v) is 10.9. The van der Waals surface area contributed by atoms with Crippen LogP contribution in [0, 0.1) is 0 Å². The van der Waals surface area contributed by atoms with Crippen LogP contribution in [0.15, 0.2) is 53.0 Å². The van der Waals surface area contributed by atoms with Crippen molar-refractivity contribution >= 4 is 29.2 Å². The quantitative estimate of drug-likeness (QED) is 0.613. The van der Waals surface area contributed by atoms with Gasteiger partial charge in [0, 0.05) is 11.4 Å². The summed E-state index contributed by atoms with van der Waals surface area (Å²) in [5.41, 5.74) is 1.53. The third-order valence-corrected chi connectivity index (χ3v) is 6.03. The van der Waals surface area contributed by atoms with Gasteiger partial charge in [-0.3, -0.25) is 9.69 Å². The second-order valence-electron chi connectivity index (χ2n) is 7.09. The maximum atomic E-state index is 12.8. The molecular weight excluding hydrogens is 418 g/mol. The van der Waals surface area contributed by atoms with Gasteiger partial charge in [0.2, 0.25) is 5.91 Å². The van der Waals surface area contributed by atoms with Gasteiger partial charge in [-0.1, -0.05) is 18.2 Å². The molecule has 9 heteroatoms. The van der Waals surface area contributed by atoms with Gasteiger partial charge >= 0.3 is 12.0 Å². The van der Waals surface area contributed by atoms with E-state index in [-0.39, 0.29) is 19.1 Å². The Balaban J connectivity index is 1.47. The summed E-state index contributed by atoms with van der Waals surface area (Å²) < 4.78 is 10.7. The molecule has 0 saturated heterocycles. The average molecular weight is 442 g/mol. The molecule has 1 atom stereocenters. The fourth-order valence-corrected chi connectivity index (χ4v) is 4.34. The van der Waals surface area contributed by atoms with E-state index in [1.54, 1.807) is 35.6 Å². The minimum Gasteiger partial charge on any atom is -0.494 e. The Labute approximate surface area is 183 Å². The number of thiophene rings is 1. The molecule has 0 fully saturated rings. The van der Waals surface area contributed by atoms with E-state index in [4.69, 9.17) is 9.47 Å². The van der Waals surface area contributed by atoms with Gasteiger partial charge in [-0.2, -0.15) is 0 Å². The third-order valence-electron chi connectivity index (χ3n) is 5.10. The van der Waals surface area contributed by atoms with Crippen LogP contribution >= 0.6 is 11.3 Å². The van der Waals surface area contributed by atoms with Gasteiger partial charge in [0.25, 0.3) is 0 Å². The molecule has 162 valence electrons. The molecule has 2 aromatic rings. The van der Waals surface area contributed by atoms with Gasteiger partial charge in [0.1, 0.15) is 18.9 Å². The summed E-state index contributed by atoms with van der Waals surface area (Å²) in [6.45, 7) is 2.71. The molecule has 0 saturated carbocycles. The maximum absolute atomic E-state index is 12.8. The highest BCUT2D eigenvalue weighted by molar-refractivity contribution is 7.09. The van der Waals surface area contributed by atoms with Crippen molar-refractivity contribution in [2.45, 2.75) is 19.4 Å². The van der Waals surface area contributed by atoms with Gasteiger partial charge in [-0.25, -0.2) is 9.59 Å². The zero-order valence-electron chi connectivity index (χ0n) is 17.1. The van der Waals surface area contributed by atoms with Crippen molar-refractivity contribution < 1.29 is 23.9 Å². The van der Waals surface area contributed by atoms with Crippen molar-refractivity contribution in [3.05, 3.63) is 63.5 Å². The van der Waals surface area contributed by atoms with Crippen LogP contribution in [0.3, 0.4) is 0 Å². The van der Waals surface area contributed by atoms with Crippen LogP contribution < -0.4 is 15.4 Å². The topological polar surface area (TPSA) is 97.0 Å². The van der Waals surface area contributed by atoms with Crippen LogP contribution in [0.5, 0.6) is 5.75 Å². The van der Waals surface area contributed by atoms with Gasteiger partial charge in [-0.15, -0.1) is 11.3 Å². The summed E-state index contributed by atoms with van der Waals surface area (Å²) in [5.74, 6) is -0.0770. The largest absolute Gasteiger partial charge is 0.494 e. The van der Waals surface area contributed by atoms with E-state index in [9.17, 15) is 14.4 Å². The molecule has 8 nitrogen and oxygen atoms in total. The van der Waals surface area contributed by atoms with E-state index in [1.165, 1.54) is 9.78 Å². The summed E-state index contributed by atoms with van der Waals surface area (Å²) in [5, 5.41) is 7.64. The molecule has 3 amide bonds. The van der Waals surface area contributed by atoms with E-state index in [2.05, 4.69) is 10.6 Å². The number of carbonyl (C=O) groups excluding carboxylic acids is 3. The van der Waals surface area contributed by atoms with E-state index >= 15 is 0 Å². The lowest BCUT2D eigenvalue weighted by molar-refractivity contribution is -0.136. The van der Waals surface area contributed by atoms with Gasteiger partial charge < -0.3 is 20.1 Å². The van der Waals surface area contributed by atoms with E-state index in [0.29, 0.717) is 30.2 Å². The number of benzene rings is 1. The molecule has 31 heavy (non-hydrogen) atoms. The summed E-state index contributed by atoms with van der Waals surface area (Å²) in [4.78, 5) is 40.1. The van der Waals surface area contributed by atoms with Crippen LogP contribution in [-0.2, 0) is 20.7 Å². The summed E-state index contributed by atoms with van der Waals surface area (Å²) in [6, 6.07) is 10.1. The first-order valence-electron chi connectivity index (χ1n) is 10.1. The van der Waals surface area contributed by atoms with Crippen molar-refractivity contribution in [2.75, 3.05) is 26.3 Å². The number of hydrogen-bond donors (Lipinski definition) is 2. The van der Waals surface area contributed by atoms with E-state index < -0.39 is 18.0 Å². The molecule has 0 spiro atoms. The minimum atomic E-state index is -0.633. The number of ether oxygens (including phenoxy) is 2. The third kappa shape index (κ3) is 4.56. The molecule has 1 aromatic heterocycles. The highest BCUT2D eigenvalue weighted by Gasteiger charge is 2.42.